The Bertz CT molecular complexity index is 860. The van der Waals surface area contributed by atoms with Crippen LogP contribution in [0, 0.1) is 20.8 Å². The molecule has 0 aliphatic carbocycles. The first-order valence-corrected chi connectivity index (χ1v) is 8.44. The van der Waals surface area contributed by atoms with Gasteiger partial charge in [-0.2, -0.15) is 0 Å². The van der Waals surface area contributed by atoms with Crippen molar-refractivity contribution in [1.82, 2.24) is 9.71 Å². The Morgan fingerprint density at radius 2 is 1.91 bits per heavy atom. The first kappa shape index (κ1) is 17.1. The van der Waals surface area contributed by atoms with Crippen LogP contribution in [-0.2, 0) is 16.6 Å². The van der Waals surface area contributed by atoms with E-state index in [1.54, 1.807) is 32.3 Å². The molecule has 1 aromatic carbocycles. The van der Waals surface area contributed by atoms with E-state index in [9.17, 15) is 13.2 Å². The van der Waals surface area contributed by atoms with Crippen LogP contribution < -0.4 is 4.72 Å². The summed E-state index contributed by atoms with van der Waals surface area (Å²) < 4.78 is 27.6. The molecular formula is C16H18N2O4S. The monoisotopic (exact) mass is 334 g/mol. The third-order valence-electron chi connectivity index (χ3n) is 3.76. The van der Waals surface area contributed by atoms with E-state index < -0.39 is 16.0 Å². The van der Waals surface area contributed by atoms with Gasteiger partial charge in [0.1, 0.15) is 0 Å². The van der Waals surface area contributed by atoms with Gasteiger partial charge in [-0.15, -0.1) is 0 Å². The molecule has 23 heavy (non-hydrogen) atoms. The molecule has 0 unspecified atom stereocenters. The van der Waals surface area contributed by atoms with Crippen molar-refractivity contribution in [3.8, 4) is 0 Å². The quantitative estimate of drug-likeness (QED) is 0.873. The molecule has 122 valence electrons. The van der Waals surface area contributed by atoms with Crippen LogP contribution in [0.4, 0.5) is 0 Å². The van der Waals surface area contributed by atoms with E-state index in [4.69, 9.17) is 5.11 Å². The van der Waals surface area contributed by atoms with Crippen molar-refractivity contribution in [3.05, 3.63) is 58.4 Å². The number of benzene rings is 1. The smallest absolute Gasteiger partial charge is 0.335 e. The van der Waals surface area contributed by atoms with Crippen LogP contribution in [0.5, 0.6) is 0 Å². The van der Waals surface area contributed by atoms with Gasteiger partial charge in [-0.1, -0.05) is 0 Å². The predicted molar refractivity (Wildman–Crippen MR) is 85.9 cm³/mol. The minimum atomic E-state index is -3.83. The maximum atomic E-state index is 12.5. The predicted octanol–water partition coefficient (Wildman–Crippen LogP) is 2.18. The molecule has 0 aliphatic heterocycles. The summed E-state index contributed by atoms with van der Waals surface area (Å²) in [6, 6.07) is 4.44. The number of carboxylic acids is 1. The van der Waals surface area contributed by atoms with Gasteiger partial charge in [-0.05, 0) is 61.2 Å². The van der Waals surface area contributed by atoms with Gasteiger partial charge in [0.15, 0.2) is 0 Å². The van der Waals surface area contributed by atoms with E-state index in [-0.39, 0.29) is 17.0 Å². The largest absolute Gasteiger partial charge is 0.478 e. The lowest BCUT2D eigenvalue weighted by molar-refractivity contribution is 0.0696. The lowest BCUT2D eigenvalue weighted by Crippen LogP contribution is -2.25. The number of sulfonamides is 1. The SMILES string of the molecule is Cc1ccncc1CNS(=O)(=O)c1cc(C(=O)O)cc(C)c1C. The second-order valence-corrected chi connectivity index (χ2v) is 7.08. The van der Waals surface area contributed by atoms with E-state index >= 15 is 0 Å². The zero-order valence-electron chi connectivity index (χ0n) is 13.1. The van der Waals surface area contributed by atoms with Gasteiger partial charge in [0.05, 0.1) is 10.5 Å². The van der Waals surface area contributed by atoms with Gasteiger partial charge in [0, 0.05) is 18.9 Å². The summed E-state index contributed by atoms with van der Waals surface area (Å²) in [6.07, 6.45) is 3.24. The second kappa shape index (κ2) is 6.47. The van der Waals surface area contributed by atoms with Crippen LogP contribution >= 0.6 is 0 Å². The fourth-order valence-corrected chi connectivity index (χ4v) is 3.51. The Morgan fingerprint density at radius 3 is 2.52 bits per heavy atom. The molecular weight excluding hydrogens is 316 g/mol. The van der Waals surface area contributed by atoms with Crippen molar-refractivity contribution >= 4 is 16.0 Å². The van der Waals surface area contributed by atoms with Crippen molar-refractivity contribution in [2.45, 2.75) is 32.2 Å². The molecule has 2 aromatic rings. The van der Waals surface area contributed by atoms with Crippen LogP contribution in [0.2, 0.25) is 0 Å². The number of rotatable bonds is 5. The lowest BCUT2D eigenvalue weighted by atomic mass is 10.1. The number of aromatic carboxylic acids is 1. The highest BCUT2D eigenvalue weighted by Gasteiger charge is 2.20. The van der Waals surface area contributed by atoms with Gasteiger partial charge in [0.25, 0.3) is 0 Å². The average molecular weight is 334 g/mol. The summed E-state index contributed by atoms with van der Waals surface area (Å²) in [5, 5.41) is 9.11. The Balaban J connectivity index is 2.36. The molecule has 0 saturated carbocycles. The fraction of sp³-hybridized carbons (Fsp3) is 0.250. The summed E-state index contributed by atoms with van der Waals surface area (Å²) in [7, 11) is -3.83. The highest BCUT2D eigenvalue weighted by atomic mass is 32.2. The van der Waals surface area contributed by atoms with Crippen LogP contribution in [0.1, 0.15) is 32.6 Å². The normalized spacial score (nSPS) is 11.4. The van der Waals surface area contributed by atoms with Crippen molar-refractivity contribution in [3.63, 3.8) is 0 Å². The molecule has 0 bridgehead atoms. The van der Waals surface area contributed by atoms with Gasteiger partial charge < -0.3 is 5.11 Å². The van der Waals surface area contributed by atoms with E-state index in [0.29, 0.717) is 11.1 Å². The molecule has 1 aromatic heterocycles. The highest BCUT2D eigenvalue weighted by Crippen LogP contribution is 2.21. The maximum Gasteiger partial charge on any atom is 0.335 e. The summed E-state index contributed by atoms with van der Waals surface area (Å²) in [5.74, 6) is -1.16. The molecule has 0 amide bonds. The molecule has 0 atom stereocenters. The first-order chi connectivity index (χ1) is 10.7. The number of aromatic nitrogens is 1. The Kier molecular flexibility index (Phi) is 4.82. The van der Waals surface area contributed by atoms with Crippen LogP contribution in [0.15, 0.2) is 35.5 Å². The molecule has 2 rings (SSSR count). The molecule has 7 heteroatoms. The molecule has 0 aliphatic rings. The topological polar surface area (TPSA) is 96.4 Å². The highest BCUT2D eigenvalue weighted by molar-refractivity contribution is 7.89. The zero-order chi connectivity index (χ0) is 17.2. The van der Waals surface area contributed by atoms with Crippen LogP contribution in [0.25, 0.3) is 0 Å². The number of carbonyl (C=O) groups is 1. The van der Waals surface area contributed by atoms with E-state index in [1.807, 2.05) is 6.92 Å². The zero-order valence-corrected chi connectivity index (χ0v) is 13.9. The third kappa shape index (κ3) is 3.75. The molecule has 0 fully saturated rings. The van der Waals surface area contributed by atoms with E-state index in [1.165, 1.54) is 12.1 Å². The molecule has 0 radical (unpaired) electrons. The molecule has 0 spiro atoms. The van der Waals surface area contributed by atoms with Gasteiger partial charge in [-0.3, -0.25) is 4.98 Å². The number of pyridine rings is 1. The number of aryl methyl sites for hydroxylation is 2. The average Bonchev–Trinajstić information content (AvgIpc) is 2.48. The minimum absolute atomic E-state index is 0.0172. The number of carboxylic acid groups (broad SMARTS) is 1. The van der Waals surface area contributed by atoms with Gasteiger partial charge >= 0.3 is 5.97 Å². The van der Waals surface area contributed by atoms with Crippen molar-refractivity contribution in [1.29, 1.82) is 0 Å². The van der Waals surface area contributed by atoms with Crippen molar-refractivity contribution in [2.24, 2.45) is 0 Å². The van der Waals surface area contributed by atoms with E-state index in [0.717, 1.165) is 11.1 Å². The molecule has 1 heterocycles. The number of hydrogen-bond acceptors (Lipinski definition) is 4. The number of nitrogens with one attached hydrogen (secondary N) is 1. The minimum Gasteiger partial charge on any atom is -0.478 e. The van der Waals surface area contributed by atoms with Crippen molar-refractivity contribution < 1.29 is 18.3 Å². The maximum absolute atomic E-state index is 12.5. The Hall–Kier alpha value is -2.25. The standard InChI is InChI=1S/C16H18N2O4S/c1-10-4-5-17-8-14(10)9-18-23(21,22)15-7-13(16(19)20)6-11(2)12(15)3/h4-8,18H,9H2,1-3H3,(H,19,20). The first-order valence-electron chi connectivity index (χ1n) is 6.96. The summed E-state index contributed by atoms with van der Waals surface area (Å²) in [5.41, 5.74) is 2.79. The third-order valence-corrected chi connectivity index (χ3v) is 5.28. The molecule has 0 saturated heterocycles. The lowest BCUT2D eigenvalue weighted by Gasteiger charge is -2.13. The van der Waals surface area contributed by atoms with Crippen LogP contribution in [-0.4, -0.2) is 24.5 Å². The summed E-state index contributed by atoms with van der Waals surface area (Å²) in [6.45, 7) is 5.31. The molecule has 2 N–H and O–H groups in total. The van der Waals surface area contributed by atoms with Crippen LogP contribution in [0.3, 0.4) is 0 Å². The summed E-state index contributed by atoms with van der Waals surface area (Å²) >= 11 is 0. The van der Waals surface area contributed by atoms with Crippen molar-refractivity contribution in [2.75, 3.05) is 0 Å². The number of hydrogen-bond donors (Lipinski definition) is 2. The number of nitrogens with zero attached hydrogens (tertiary/aromatic N) is 1. The Morgan fingerprint density at radius 1 is 1.22 bits per heavy atom. The van der Waals surface area contributed by atoms with Gasteiger partial charge in [-0.25, -0.2) is 17.9 Å². The van der Waals surface area contributed by atoms with E-state index in [2.05, 4.69) is 9.71 Å². The second-order valence-electron chi connectivity index (χ2n) is 5.35. The Labute approximate surface area is 135 Å². The fourth-order valence-electron chi connectivity index (χ4n) is 2.16. The molecule has 6 nitrogen and oxygen atoms in total. The van der Waals surface area contributed by atoms with Gasteiger partial charge in [0.2, 0.25) is 10.0 Å². The summed E-state index contributed by atoms with van der Waals surface area (Å²) in [4.78, 5) is 15.1.